The van der Waals surface area contributed by atoms with Gasteiger partial charge < -0.3 is 15.3 Å². The van der Waals surface area contributed by atoms with Crippen LogP contribution in [0.15, 0.2) is 36.5 Å². The first-order chi connectivity index (χ1) is 16.8. The van der Waals surface area contributed by atoms with Gasteiger partial charge >= 0.3 is 0 Å². The molecule has 2 aromatic carbocycles. The predicted octanol–water partition coefficient (Wildman–Crippen LogP) is 6.92. The van der Waals surface area contributed by atoms with Crippen molar-refractivity contribution in [2.24, 2.45) is 5.92 Å². The molecule has 0 unspecified atom stereocenters. The quantitative estimate of drug-likeness (QED) is 0.331. The zero-order chi connectivity index (χ0) is 25.1. The lowest BCUT2D eigenvalue weighted by Gasteiger charge is -2.32. The number of pyridine rings is 1. The van der Waals surface area contributed by atoms with E-state index < -0.39 is 11.6 Å². The molecule has 0 aliphatic heterocycles. The van der Waals surface area contributed by atoms with Crippen LogP contribution in [0.2, 0.25) is 5.02 Å². The molecule has 0 amide bonds. The van der Waals surface area contributed by atoms with E-state index in [-0.39, 0.29) is 16.8 Å². The average Bonchev–Trinajstić information content (AvgIpc) is 2.87. The van der Waals surface area contributed by atoms with E-state index >= 15 is 0 Å². The highest BCUT2D eigenvalue weighted by molar-refractivity contribution is 6.32. The summed E-state index contributed by atoms with van der Waals surface area (Å²) in [5.41, 5.74) is 3.41. The molecule has 7 heteroatoms. The van der Waals surface area contributed by atoms with Crippen molar-refractivity contribution < 1.29 is 14.3 Å². The summed E-state index contributed by atoms with van der Waals surface area (Å²) in [6, 6.07) is 8.71. The Kier molecular flexibility index (Phi) is 7.92. The van der Waals surface area contributed by atoms with Crippen molar-refractivity contribution in [3.05, 3.63) is 52.9 Å². The van der Waals surface area contributed by atoms with E-state index in [0.29, 0.717) is 23.5 Å². The first kappa shape index (κ1) is 25.4. The number of benzene rings is 2. The predicted molar refractivity (Wildman–Crippen MR) is 141 cm³/mol. The van der Waals surface area contributed by atoms with Gasteiger partial charge in [0, 0.05) is 30.6 Å². The number of nitrogens with one attached hydrogen (secondary N) is 1. The van der Waals surface area contributed by atoms with Gasteiger partial charge in [-0.2, -0.15) is 0 Å². The molecule has 0 saturated heterocycles. The molecule has 1 fully saturated rings. The number of hydrogen-bond donors (Lipinski definition) is 2. The zero-order valence-corrected chi connectivity index (χ0v) is 21.3. The third kappa shape index (κ3) is 5.60. The molecule has 4 rings (SSSR count). The number of Topliss-reactive ketones (excluding diaryl/α,β-unsaturated/α-hetero) is 1. The topological polar surface area (TPSA) is 65.5 Å². The summed E-state index contributed by atoms with van der Waals surface area (Å²) < 4.78 is 14.2. The number of nitrogens with zero attached hydrogens (tertiary/aromatic N) is 2. The van der Waals surface area contributed by atoms with Crippen LogP contribution in [0, 0.1) is 11.7 Å². The smallest absolute Gasteiger partial charge is 0.170 e. The van der Waals surface area contributed by atoms with Crippen LogP contribution in [0.3, 0.4) is 0 Å². The summed E-state index contributed by atoms with van der Waals surface area (Å²) in [4.78, 5) is 19.7. The number of ketones is 1. The van der Waals surface area contributed by atoms with Gasteiger partial charge in [-0.25, -0.2) is 4.39 Å². The minimum Gasteiger partial charge on any atom is -0.504 e. The second kappa shape index (κ2) is 10.9. The summed E-state index contributed by atoms with van der Waals surface area (Å²) in [5.74, 6) is -0.602. The Balaban J connectivity index is 1.69. The molecular formula is C28H33ClFN3O2. The van der Waals surface area contributed by atoms with Crippen LogP contribution >= 0.6 is 11.6 Å². The Labute approximate surface area is 211 Å². The van der Waals surface area contributed by atoms with Gasteiger partial charge in [0.05, 0.1) is 21.8 Å². The maximum atomic E-state index is 14.2. The zero-order valence-electron chi connectivity index (χ0n) is 20.6. The van der Waals surface area contributed by atoms with Crippen LogP contribution in [0.4, 0.5) is 10.1 Å². The molecule has 186 valence electrons. The fourth-order valence-electron chi connectivity index (χ4n) is 4.93. The lowest BCUT2D eigenvalue weighted by atomic mass is 9.85. The number of carbonyl (C=O) groups excluding carboxylic acids is 1. The summed E-state index contributed by atoms with van der Waals surface area (Å²) in [5, 5.41) is 14.2. The largest absolute Gasteiger partial charge is 0.504 e. The second-order valence-electron chi connectivity index (χ2n) is 9.56. The summed E-state index contributed by atoms with van der Waals surface area (Å²) >= 11 is 6.02. The van der Waals surface area contributed by atoms with Crippen LogP contribution in [0.1, 0.15) is 56.3 Å². The number of anilines is 1. The number of phenolic OH excluding ortho intramolecular Hbond substituents is 1. The third-order valence-corrected chi connectivity index (χ3v) is 7.43. The standard InChI is InChI=1S/C28H33ClFN3O2/c1-4-26(34)22-15-31-25-11-8-18(19-13-23(29)28(35)24(30)14-19)12-21(25)27(22)32-20-9-6-17(7-10-20)16-33(3)5-2/h8,11-15,17,20,35H,4-7,9-10,16H2,1-3H3,(H,31,32). The molecule has 0 spiro atoms. The second-order valence-corrected chi connectivity index (χ2v) is 9.97. The van der Waals surface area contributed by atoms with Crippen molar-refractivity contribution in [2.45, 2.75) is 52.0 Å². The minimum absolute atomic E-state index is 0.0317. The van der Waals surface area contributed by atoms with Crippen LogP contribution in [0.25, 0.3) is 22.0 Å². The number of carbonyl (C=O) groups is 1. The maximum absolute atomic E-state index is 14.2. The number of halogens is 2. The highest BCUT2D eigenvalue weighted by atomic mass is 35.5. The van der Waals surface area contributed by atoms with Crippen molar-refractivity contribution >= 4 is 34.0 Å². The summed E-state index contributed by atoms with van der Waals surface area (Å²) in [6.45, 7) is 6.21. The highest BCUT2D eigenvalue weighted by Crippen LogP contribution is 2.37. The van der Waals surface area contributed by atoms with Crippen LogP contribution < -0.4 is 5.32 Å². The van der Waals surface area contributed by atoms with E-state index in [1.54, 1.807) is 6.20 Å². The number of aromatic nitrogens is 1. The first-order valence-corrected chi connectivity index (χ1v) is 12.8. The van der Waals surface area contributed by atoms with Crippen LogP contribution in [0.5, 0.6) is 5.75 Å². The van der Waals surface area contributed by atoms with E-state index in [0.717, 1.165) is 60.9 Å². The van der Waals surface area contributed by atoms with Crippen molar-refractivity contribution in [1.82, 2.24) is 9.88 Å². The van der Waals surface area contributed by atoms with Gasteiger partial charge in [-0.3, -0.25) is 9.78 Å². The van der Waals surface area contributed by atoms with Crippen molar-refractivity contribution in [2.75, 3.05) is 25.5 Å². The number of fused-ring (bicyclic) bond motifs is 1. The molecule has 2 N–H and O–H groups in total. The van der Waals surface area contributed by atoms with Crippen LogP contribution in [-0.4, -0.2) is 47.0 Å². The van der Waals surface area contributed by atoms with Gasteiger partial charge in [0.15, 0.2) is 17.3 Å². The van der Waals surface area contributed by atoms with E-state index in [1.807, 2.05) is 25.1 Å². The van der Waals surface area contributed by atoms with Gasteiger partial charge in [0.2, 0.25) is 0 Å². The minimum atomic E-state index is -0.774. The molecule has 0 atom stereocenters. The highest BCUT2D eigenvalue weighted by Gasteiger charge is 2.24. The molecule has 0 bridgehead atoms. The molecule has 35 heavy (non-hydrogen) atoms. The number of phenols is 1. The lowest BCUT2D eigenvalue weighted by molar-refractivity contribution is 0.0988. The van der Waals surface area contributed by atoms with Crippen molar-refractivity contribution in [3.8, 4) is 16.9 Å². The molecule has 0 radical (unpaired) electrons. The monoisotopic (exact) mass is 497 g/mol. The average molecular weight is 498 g/mol. The van der Waals surface area contributed by atoms with Crippen molar-refractivity contribution in [1.29, 1.82) is 0 Å². The van der Waals surface area contributed by atoms with Crippen molar-refractivity contribution in [3.63, 3.8) is 0 Å². The normalized spacial score (nSPS) is 18.2. The molecule has 1 aliphatic carbocycles. The summed E-state index contributed by atoms with van der Waals surface area (Å²) in [6.07, 6.45) is 6.44. The fraction of sp³-hybridized carbons (Fsp3) is 0.429. The molecular weight excluding hydrogens is 465 g/mol. The molecule has 3 aromatic rings. The fourth-order valence-corrected chi connectivity index (χ4v) is 5.13. The lowest BCUT2D eigenvalue weighted by Crippen LogP contribution is -2.32. The SMILES string of the molecule is CCC(=O)c1cnc2ccc(-c3cc(F)c(O)c(Cl)c3)cc2c1NC1CCC(CN(C)CC)CC1. The number of aromatic hydroxyl groups is 1. The van der Waals surface area contributed by atoms with Gasteiger partial charge in [-0.15, -0.1) is 0 Å². The molecule has 1 aromatic heterocycles. The maximum Gasteiger partial charge on any atom is 0.170 e. The van der Waals surface area contributed by atoms with Gasteiger partial charge in [0.25, 0.3) is 0 Å². The van der Waals surface area contributed by atoms with E-state index in [9.17, 15) is 14.3 Å². The Morgan fingerprint density at radius 3 is 2.57 bits per heavy atom. The van der Waals surface area contributed by atoms with Gasteiger partial charge in [-0.05, 0) is 80.6 Å². The van der Waals surface area contributed by atoms with Gasteiger partial charge in [-0.1, -0.05) is 31.5 Å². The van der Waals surface area contributed by atoms with Gasteiger partial charge in [0.1, 0.15) is 0 Å². The summed E-state index contributed by atoms with van der Waals surface area (Å²) in [7, 11) is 2.17. The molecule has 1 aliphatic rings. The number of rotatable bonds is 8. The van der Waals surface area contributed by atoms with E-state index in [1.165, 1.54) is 12.1 Å². The molecule has 1 heterocycles. The Morgan fingerprint density at radius 1 is 1.17 bits per heavy atom. The number of hydrogen-bond acceptors (Lipinski definition) is 5. The Morgan fingerprint density at radius 2 is 1.91 bits per heavy atom. The first-order valence-electron chi connectivity index (χ1n) is 12.4. The Hall–Kier alpha value is -2.70. The Bertz CT molecular complexity index is 1200. The van der Waals surface area contributed by atoms with E-state index in [2.05, 4.69) is 29.2 Å². The molecule has 5 nitrogen and oxygen atoms in total. The molecule has 1 saturated carbocycles. The van der Waals surface area contributed by atoms with E-state index in [4.69, 9.17) is 11.6 Å². The third-order valence-electron chi connectivity index (χ3n) is 7.14. The van der Waals surface area contributed by atoms with Crippen LogP contribution in [-0.2, 0) is 0 Å².